The van der Waals surface area contributed by atoms with Gasteiger partial charge in [-0.2, -0.15) is 0 Å². The topological polar surface area (TPSA) is 56.3 Å². The van der Waals surface area contributed by atoms with Gasteiger partial charge in [0.15, 0.2) is 0 Å². The summed E-state index contributed by atoms with van der Waals surface area (Å²) in [6, 6.07) is 0. The van der Waals surface area contributed by atoms with Crippen molar-refractivity contribution in [3.8, 4) is 0 Å². The molecule has 0 unspecified atom stereocenters. The molecule has 1 N–H and O–H groups in total. The summed E-state index contributed by atoms with van der Waals surface area (Å²) in [5.41, 5.74) is 0.874. The fraction of sp³-hybridized carbons (Fsp3) is 0.692. The van der Waals surface area contributed by atoms with Crippen LogP contribution in [0.25, 0.3) is 0 Å². The van der Waals surface area contributed by atoms with Crippen LogP contribution in [-0.4, -0.2) is 43.4 Å². The lowest BCUT2D eigenvalue weighted by molar-refractivity contribution is 0.0759. The number of halogens is 1. The van der Waals surface area contributed by atoms with E-state index in [1.807, 2.05) is 6.92 Å². The quantitative estimate of drug-likeness (QED) is 0.558. The van der Waals surface area contributed by atoms with Crippen molar-refractivity contribution >= 4 is 17.4 Å². The van der Waals surface area contributed by atoms with Gasteiger partial charge >= 0.3 is 0 Å². The van der Waals surface area contributed by atoms with E-state index in [9.17, 15) is 0 Å². The summed E-state index contributed by atoms with van der Waals surface area (Å²) in [5.74, 6) is 1.57. The lowest BCUT2D eigenvalue weighted by Gasteiger charge is -2.11. The fourth-order valence-corrected chi connectivity index (χ4v) is 1.71. The second-order valence-corrected chi connectivity index (χ2v) is 4.54. The lowest BCUT2D eigenvalue weighted by atomic mass is 10.3. The van der Waals surface area contributed by atoms with Crippen LogP contribution in [0.15, 0.2) is 0 Å². The smallest absolute Gasteiger partial charge is 0.137 e. The minimum absolute atomic E-state index is 0.515. The monoisotopic (exact) mass is 287 g/mol. The largest absolute Gasteiger partial charge is 0.382 e. The average molecular weight is 288 g/mol. The number of anilines is 1. The third-order valence-electron chi connectivity index (χ3n) is 2.58. The second-order valence-electron chi connectivity index (χ2n) is 4.19. The molecule has 108 valence electrons. The summed E-state index contributed by atoms with van der Waals surface area (Å²) in [6.07, 6.45) is 1.83. The molecule has 0 spiro atoms. The van der Waals surface area contributed by atoms with E-state index in [2.05, 4.69) is 22.2 Å². The molecular weight excluding hydrogens is 266 g/mol. The van der Waals surface area contributed by atoms with E-state index in [4.69, 9.17) is 21.1 Å². The maximum absolute atomic E-state index is 6.10. The SMILES string of the molecule is CCCc1nc(Cl)c(C)c(NCCOCCOC)n1. The lowest BCUT2D eigenvalue weighted by Crippen LogP contribution is -2.14. The van der Waals surface area contributed by atoms with Crippen molar-refractivity contribution < 1.29 is 9.47 Å². The zero-order valence-corrected chi connectivity index (χ0v) is 12.6. The van der Waals surface area contributed by atoms with Crippen molar-refractivity contribution in [2.75, 3.05) is 38.8 Å². The predicted molar refractivity (Wildman–Crippen MR) is 77.0 cm³/mol. The molecule has 0 aliphatic heterocycles. The average Bonchev–Trinajstić information content (AvgIpc) is 2.39. The van der Waals surface area contributed by atoms with Crippen molar-refractivity contribution in [3.63, 3.8) is 0 Å². The summed E-state index contributed by atoms with van der Waals surface area (Å²) < 4.78 is 10.3. The number of nitrogens with zero attached hydrogens (tertiary/aromatic N) is 2. The summed E-state index contributed by atoms with van der Waals surface area (Å²) in [6.45, 7) is 6.50. The van der Waals surface area contributed by atoms with Gasteiger partial charge in [0.05, 0.1) is 19.8 Å². The van der Waals surface area contributed by atoms with E-state index in [0.29, 0.717) is 31.5 Å². The summed E-state index contributed by atoms with van der Waals surface area (Å²) in [7, 11) is 1.66. The van der Waals surface area contributed by atoms with E-state index in [-0.39, 0.29) is 0 Å². The molecule has 1 aromatic heterocycles. The Labute approximate surface area is 119 Å². The van der Waals surface area contributed by atoms with E-state index in [1.54, 1.807) is 7.11 Å². The highest BCUT2D eigenvalue weighted by atomic mass is 35.5. The van der Waals surface area contributed by atoms with Crippen molar-refractivity contribution in [2.24, 2.45) is 0 Å². The molecule has 0 saturated heterocycles. The van der Waals surface area contributed by atoms with Gasteiger partial charge in [-0.25, -0.2) is 9.97 Å². The van der Waals surface area contributed by atoms with Crippen LogP contribution in [0.2, 0.25) is 5.15 Å². The molecular formula is C13H22ClN3O2. The molecule has 0 bridgehead atoms. The molecule has 0 saturated carbocycles. The Morgan fingerprint density at radius 2 is 2.00 bits per heavy atom. The van der Waals surface area contributed by atoms with Gasteiger partial charge in [0, 0.05) is 25.6 Å². The highest BCUT2D eigenvalue weighted by Crippen LogP contribution is 2.20. The van der Waals surface area contributed by atoms with Crippen LogP contribution in [-0.2, 0) is 15.9 Å². The van der Waals surface area contributed by atoms with Crippen LogP contribution in [0.1, 0.15) is 24.7 Å². The molecule has 1 heterocycles. The summed E-state index contributed by atoms with van der Waals surface area (Å²) >= 11 is 6.10. The first-order valence-corrected chi connectivity index (χ1v) is 6.90. The zero-order chi connectivity index (χ0) is 14.1. The minimum Gasteiger partial charge on any atom is -0.382 e. The Morgan fingerprint density at radius 3 is 2.68 bits per heavy atom. The number of aromatic nitrogens is 2. The first-order valence-electron chi connectivity index (χ1n) is 6.52. The molecule has 0 aliphatic carbocycles. The third-order valence-corrected chi connectivity index (χ3v) is 2.94. The highest BCUT2D eigenvalue weighted by molar-refractivity contribution is 6.30. The van der Waals surface area contributed by atoms with Gasteiger partial charge in [0.2, 0.25) is 0 Å². The maximum Gasteiger partial charge on any atom is 0.137 e. The number of hydrogen-bond donors (Lipinski definition) is 1. The van der Waals surface area contributed by atoms with Crippen molar-refractivity contribution in [3.05, 3.63) is 16.5 Å². The molecule has 0 radical (unpaired) electrons. The first kappa shape index (κ1) is 16.1. The number of nitrogens with one attached hydrogen (secondary N) is 1. The van der Waals surface area contributed by atoms with Crippen LogP contribution in [0.3, 0.4) is 0 Å². The number of aryl methyl sites for hydroxylation is 1. The van der Waals surface area contributed by atoms with Gasteiger partial charge < -0.3 is 14.8 Å². The summed E-state index contributed by atoms with van der Waals surface area (Å²) in [4.78, 5) is 8.73. The molecule has 0 aliphatic rings. The first-order chi connectivity index (χ1) is 9.19. The van der Waals surface area contributed by atoms with E-state index in [1.165, 1.54) is 0 Å². The van der Waals surface area contributed by atoms with Gasteiger partial charge in [-0.05, 0) is 13.3 Å². The van der Waals surface area contributed by atoms with Crippen molar-refractivity contribution in [1.82, 2.24) is 9.97 Å². The van der Waals surface area contributed by atoms with E-state index >= 15 is 0 Å². The minimum atomic E-state index is 0.515. The van der Waals surface area contributed by atoms with Crippen LogP contribution in [0, 0.1) is 6.92 Å². The third kappa shape index (κ3) is 5.72. The highest BCUT2D eigenvalue weighted by Gasteiger charge is 2.08. The zero-order valence-electron chi connectivity index (χ0n) is 11.8. The van der Waals surface area contributed by atoms with E-state index < -0.39 is 0 Å². The van der Waals surface area contributed by atoms with Crippen LogP contribution >= 0.6 is 11.6 Å². The number of ether oxygens (including phenoxy) is 2. The van der Waals surface area contributed by atoms with Gasteiger partial charge in [-0.1, -0.05) is 18.5 Å². The second kappa shape index (κ2) is 9.07. The molecule has 1 rings (SSSR count). The fourth-order valence-electron chi connectivity index (χ4n) is 1.53. The molecule has 0 atom stereocenters. The Hall–Kier alpha value is -0.910. The van der Waals surface area contributed by atoms with Crippen LogP contribution in [0.4, 0.5) is 5.82 Å². The number of hydrogen-bond acceptors (Lipinski definition) is 5. The standard InChI is InChI=1S/C13H22ClN3O2/c1-4-5-11-16-12(14)10(2)13(17-11)15-6-7-19-9-8-18-3/h4-9H2,1-3H3,(H,15,16,17). The number of rotatable bonds is 9. The predicted octanol–water partition coefficient (Wildman–Crippen LogP) is 2.47. The van der Waals surface area contributed by atoms with Crippen LogP contribution < -0.4 is 5.32 Å². The van der Waals surface area contributed by atoms with Gasteiger partial charge in [-0.15, -0.1) is 0 Å². The van der Waals surface area contributed by atoms with Crippen molar-refractivity contribution in [1.29, 1.82) is 0 Å². The maximum atomic E-state index is 6.10. The van der Waals surface area contributed by atoms with E-state index in [0.717, 1.165) is 30.0 Å². The van der Waals surface area contributed by atoms with Gasteiger partial charge in [0.1, 0.15) is 16.8 Å². The summed E-state index contributed by atoms with van der Waals surface area (Å²) in [5, 5.41) is 3.74. The van der Waals surface area contributed by atoms with Crippen LogP contribution in [0.5, 0.6) is 0 Å². The number of methoxy groups -OCH3 is 1. The molecule has 0 fully saturated rings. The van der Waals surface area contributed by atoms with Crippen molar-refractivity contribution in [2.45, 2.75) is 26.7 Å². The molecule has 5 nitrogen and oxygen atoms in total. The van der Waals surface area contributed by atoms with Gasteiger partial charge in [-0.3, -0.25) is 0 Å². The molecule has 6 heteroatoms. The Kier molecular flexibility index (Phi) is 7.70. The molecule has 1 aromatic rings. The Bertz CT molecular complexity index is 388. The molecule has 0 aromatic carbocycles. The normalized spacial score (nSPS) is 10.7. The molecule has 19 heavy (non-hydrogen) atoms. The Morgan fingerprint density at radius 1 is 1.21 bits per heavy atom. The Balaban J connectivity index is 2.47. The van der Waals surface area contributed by atoms with Gasteiger partial charge in [0.25, 0.3) is 0 Å². The molecule has 0 amide bonds.